The van der Waals surface area contributed by atoms with Crippen LogP contribution in [-0.4, -0.2) is 155 Å². The van der Waals surface area contributed by atoms with E-state index in [1.807, 2.05) is 42.7 Å². The number of carbonyl (C=O) groups is 6. The fraction of sp³-hybridized carbons (Fsp3) is 0.478. The Balaban J connectivity index is 0.000000347. The minimum absolute atomic E-state index is 0. The molecule has 3 atom stereocenters. The average molecular weight is 879 g/mol. The number of piperidine rings is 1. The van der Waals surface area contributed by atoms with Crippen molar-refractivity contribution in [3.05, 3.63) is 102 Å². The zero-order chi connectivity index (χ0) is 45.4. The lowest BCUT2D eigenvalue weighted by Crippen LogP contribution is -2.55. The molecule has 2 saturated heterocycles. The van der Waals surface area contributed by atoms with Gasteiger partial charge in [-0.15, -0.1) is 0 Å². The van der Waals surface area contributed by atoms with Crippen LogP contribution in [0.15, 0.2) is 84.9 Å². The lowest BCUT2D eigenvalue weighted by molar-refractivity contribution is -0.166. The maximum atomic E-state index is 13.1. The summed E-state index contributed by atoms with van der Waals surface area (Å²) in [5, 5.41) is 18.5. The van der Waals surface area contributed by atoms with Crippen LogP contribution in [0.4, 0.5) is 9.59 Å². The van der Waals surface area contributed by atoms with Crippen LogP contribution in [0.2, 0.25) is 0 Å². The molecule has 0 spiro atoms. The predicted molar refractivity (Wildman–Crippen MR) is 233 cm³/mol. The molecule has 17 heteroatoms. The van der Waals surface area contributed by atoms with E-state index in [2.05, 4.69) is 30.9 Å². The highest BCUT2D eigenvalue weighted by Gasteiger charge is 2.41. The Morgan fingerprint density at radius 1 is 0.698 bits per heavy atom. The number of ether oxygens (including phenoxy) is 4. The van der Waals surface area contributed by atoms with E-state index in [1.54, 1.807) is 24.1 Å². The van der Waals surface area contributed by atoms with Crippen molar-refractivity contribution in [2.24, 2.45) is 5.92 Å². The van der Waals surface area contributed by atoms with E-state index in [9.17, 15) is 39.0 Å². The van der Waals surface area contributed by atoms with E-state index in [0.29, 0.717) is 38.1 Å². The molecule has 2 aliphatic heterocycles. The molecule has 2 aliphatic rings. The number of methoxy groups -OCH3 is 1. The van der Waals surface area contributed by atoms with Crippen molar-refractivity contribution in [2.75, 3.05) is 59.5 Å². The molecule has 344 valence electrons. The second-order valence-corrected chi connectivity index (χ2v) is 16.2. The van der Waals surface area contributed by atoms with Crippen molar-refractivity contribution < 1.29 is 63.4 Å². The van der Waals surface area contributed by atoms with Crippen LogP contribution >= 0.6 is 0 Å². The van der Waals surface area contributed by atoms with E-state index >= 15 is 0 Å². The first kappa shape index (κ1) is 51.2. The van der Waals surface area contributed by atoms with Crippen LogP contribution in [0.1, 0.15) is 73.7 Å². The van der Waals surface area contributed by atoms with Crippen LogP contribution in [0.25, 0.3) is 0 Å². The number of urea groups is 1. The smallest absolute Gasteiger partial charge is 0.410 e. The standard InChI is InChI=1S/C28H46N4O4.C18H14O8.H2O/c1-7-29(22(2)20-23-8-10-25(35-6)11-9-23)21-24-12-14-30(15-13-24)26(33)31-16-18-32(19-17-31)27(34)36-28(3,4)5;19-15(20)13(25-17(23)11-7-3-1-4-8-11)14(16(21)22)26-18(24)12-9-5-2-6-10-12;/h8-11,22,24H,7,12-21H2,1-6H3;1-10,13-14H,(H,19,20)(H,21,22);1H2/t;13-,14-;/m.1./s1. The highest BCUT2D eigenvalue weighted by Crippen LogP contribution is 2.23. The molecule has 5 rings (SSSR count). The number of carboxylic acids is 2. The minimum Gasteiger partial charge on any atom is -0.497 e. The SMILES string of the molecule is CCN(CC1CCN(C(=O)N2CCN(C(=O)OC(C)(C)C)CC2)CC1)C(C)Cc1ccc(OC)cc1.O.O=C(O[C@@H](C(=O)O)[C@@H](OC(=O)c1ccccc1)C(=O)O)c1ccccc1. The van der Waals surface area contributed by atoms with Gasteiger partial charge in [0.05, 0.1) is 18.2 Å². The third-order valence-electron chi connectivity index (χ3n) is 10.5. The van der Waals surface area contributed by atoms with Gasteiger partial charge in [0.15, 0.2) is 0 Å². The molecule has 17 nitrogen and oxygen atoms in total. The van der Waals surface area contributed by atoms with Crippen LogP contribution in [-0.2, 0) is 30.2 Å². The molecule has 63 heavy (non-hydrogen) atoms. The summed E-state index contributed by atoms with van der Waals surface area (Å²) in [5.41, 5.74) is 0.873. The quantitative estimate of drug-likeness (QED) is 0.159. The van der Waals surface area contributed by atoms with Crippen molar-refractivity contribution in [1.82, 2.24) is 19.6 Å². The van der Waals surface area contributed by atoms with E-state index in [1.165, 1.54) is 54.1 Å². The van der Waals surface area contributed by atoms with Crippen molar-refractivity contribution in [3.8, 4) is 5.75 Å². The number of benzene rings is 3. The summed E-state index contributed by atoms with van der Waals surface area (Å²) in [6.45, 7) is 16.0. The van der Waals surface area contributed by atoms with Gasteiger partial charge in [0, 0.05) is 51.9 Å². The third kappa shape index (κ3) is 15.9. The fourth-order valence-corrected chi connectivity index (χ4v) is 7.10. The molecule has 0 aromatic heterocycles. The summed E-state index contributed by atoms with van der Waals surface area (Å²) in [4.78, 5) is 80.4. The fourth-order valence-electron chi connectivity index (χ4n) is 7.10. The number of likely N-dealkylation sites (N-methyl/N-ethyl adjacent to an activating group) is 1. The second kappa shape index (κ2) is 24.4. The van der Waals surface area contributed by atoms with Gasteiger partial charge in [-0.3, -0.25) is 0 Å². The van der Waals surface area contributed by atoms with Gasteiger partial charge in [0.25, 0.3) is 0 Å². The predicted octanol–water partition coefficient (Wildman–Crippen LogP) is 5.11. The molecule has 3 aromatic rings. The zero-order valence-corrected chi connectivity index (χ0v) is 36.9. The Bertz CT molecular complexity index is 1860. The Hall–Kier alpha value is -6.20. The molecule has 0 saturated carbocycles. The molecule has 2 fully saturated rings. The second-order valence-electron chi connectivity index (χ2n) is 16.2. The summed E-state index contributed by atoms with van der Waals surface area (Å²) >= 11 is 0. The van der Waals surface area contributed by atoms with Gasteiger partial charge in [0.2, 0.25) is 12.2 Å². The van der Waals surface area contributed by atoms with Gasteiger partial charge in [-0.2, -0.15) is 0 Å². The first-order valence-corrected chi connectivity index (χ1v) is 20.9. The number of hydrogen-bond donors (Lipinski definition) is 2. The maximum absolute atomic E-state index is 13.1. The number of aliphatic carboxylic acids is 2. The Morgan fingerprint density at radius 3 is 1.56 bits per heavy atom. The first-order chi connectivity index (χ1) is 29.5. The number of likely N-dealkylation sites (tertiary alicyclic amines) is 1. The number of hydrogen-bond acceptors (Lipinski definition) is 11. The van der Waals surface area contributed by atoms with Crippen LogP contribution in [0.3, 0.4) is 0 Å². The van der Waals surface area contributed by atoms with Gasteiger partial charge in [-0.25, -0.2) is 28.8 Å². The van der Waals surface area contributed by atoms with Crippen molar-refractivity contribution in [1.29, 1.82) is 0 Å². The van der Waals surface area contributed by atoms with E-state index in [0.717, 1.165) is 51.2 Å². The molecule has 0 aliphatic carbocycles. The van der Waals surface area contributed by atoms with Gasteiger partial charge in [-0.05, 0) is 101 Å². The van der Waals surface area contributed by atoms with Crippen LogP contribution in [0.5, 0.6) is 5.75 Å². The largest absolute Gasteiger partial charge is 0.497 e. The summed E-state index contributed by atoms with van der Waals surface area (Å²) < 4.78 is 20.3. The number of piperazine rings is 1. The summed E-state index contributed by atoms with van der Waals surface area (Å²) in [6, 6.07) is 23.8. The van der Waals surface area contributed by atoms with E-state index in [-0.39, 0.29) is 28.7 Å². The number of amides is 3. The highest BCUT2D eigenvalue weighted by atomic mass is 16.6. The first-order valence-electron chi connectivity index (χ1n) is 20.9. The third-order valence-corrected chi connectivity index (χ3v) is 10.5. The molecule has 1 unspecified atom stereocenters. The molecular weight excluding hydrogens is 817 g/mol. The van der Waals surface area contributed by atoms with Crippen molar-refractivity contribution in [3.63, 3.8) is 0 Å². The number of carbonyl (C=O) groups excluding carboxylic acids is 4. The zero-order valence-electron chi connectivity index (χ0n) is 36.9. The topological polar surface area (TPSA) is 224 Å². The molecule has 0 bridgehead atoms. The number of nitrogens with zero attached hydrogens (tertiary/aromatic N) is 4. The molecular formula is C46H62N4O13. The number of esters is 2. The van der Waals surface area contributed by atoms with Crippen molar-refractivity contribution in [2.45, 2.75) is 77.7 Å². The lowest BCUT2D eigenvalue weighted by atomic mass is 9.95. The highest BCUT2D eigenvalue weighted by molar-refractivity contribution is 5.95. The van der Waals surface area contributed by atoms with Gasteiger partial charge in [-0.1, -0.05) is 55.5 Å². The van der Waals surface area contributed by atoms with E-state index < -0.39 is 41.7 Å². The lowest BCUT2D eigenvalue weighted by Gasteiger charge is -2.41. The Kier molecular flexibility index (Phi) is 19.8. The Labute approximate surface area is 368 Å². The van der Waals surface area contributed by atoms with Crippen molar-refractivity contribution >= 4 is 36.0 Å². The number of carboxylic acid groups (broad SMARTS) is 2. The molecule has 3 aromatic carbocycles. The summed E-state index contributed by atoms with van der Waals surface area (Å²) in [5.74, 6) is -4.13. The Morgan fingerprint density at radius 2 is 1.14 bits per heavy atom. The molecule has 4 N–H and O–H groups in total. The van der Waals surface area contributed by atoms with Gasteiger partial charge in [0.1, 0.15) is 11.4 Å². The van der Waals surface area contributed by atoms with Crippen LogP contribution < -0.4 is 4.74 Å². The minimum atomic E-state index is -2.21. The van der Waals surface area contributed by atoms with Gasteiger partial charge >= 0.3 is 36.0 Å². The monoisotopic (exact) mass is 878 g/mol. The van der Waals surface area contributed by atoms with E-state index in [4.69, 9.17) is 18.9 Å². The average Bonchev–Trinajstić information content (AvgIpc) is 3.26. The van der Waals surface area contributed by atoms with Gasteiger partial charge < -0.3 is 54.2 Å². The number of rotatable bonds is 14. The summed E-state index contributed by atoms with van der Waals surface area (Å²) in [6.07, 6.45) is -1.63. The molecule has 3 amide bonds. The molecule has 0 radical (unpaired) electrons. The molecule has 2 heterocycles. The normalized spacial score (nSPS) is 15.6. The maximum Gasteiger partial charge on any atom is 0.410 e. The summed E-state index contributed by atoms with van der Waals surface area (Å²) in [7, 11) is 1.70. The van der Waals surface area contributed by atoms with Crippen LogP contribution in [0, 0.1) is 5.92 Å².